The minimum Gasteiger partial charge on any atom is -0.459 e. The number of amides is 1. The summed E-state index contributed by atoms with van der Waals surface area (Å²) in [6, 6.07) is 14.3. The van der Waals surface area contributed by atoms with E-state index in [2.05, 4.69) is 4.72 Å². The van der Waals surface area contributed by atoms with Gasteiger partial charge in [0.2, 0.25) is 10.0 Å². The Morgan fingerprint density at radius 2 is 1.85 bits per heavy atom. The summed E-state index contributed by atoms with van der Waals surface area (Å²) in [5.41, 5.74) is 2.31. The van der Waals surface area contributed by atoms with Crippen LogP contribution in [0.5, 0.6) is 0 Å². The number of hydrogen-bond donors (Lipinski definition) is 1. The third-order valence-electron chi connectivity index (χ3n) is 4.54. The molecule has 3 rings (SSSR count). The lowest BCUT2D eigenvalue weighted by Crippen LogP contribution is -2.29. The number of aryl methyl sites for hydroxylation is 1. The highest BCUT2D eigenvalue weighted by molar-refractivity contribution is 7.92. The van der Waals surface area contributed by atoms with Crippen molar-refractivity contribution < 1.29 is 17.6 Å². The molecule has 27 heavy (non-hydrogen) atoms. The monoisotopic (exact) mass is 386 g/mol. The zero-order valence-corrected chi connectivity index (χ0v) is 16.5. The minimum absolute atomic E-state index is 0.223. The van der Waals surface area contributed by atoms with Crippen LogP contribution in [-0.4, -0.2) is 32.5 Å². The van der Waals surface area contributed by atoms with Crippen molar-refractivity contribution in [2.45, 2.75) is 19.9 Å². The third-order valence-corrected chi connectivity index (χ3v) is 5.13. The summed E-state index contributed by atoms with van der Waals surface area (Å²) >= 11 is 0. The lowest BCUT2D eigenvalue weighted by molar-refractivity contribution is 0.0727. The molecule has 0 saturated carbocycles. The van der Waals surface area contributed by atoms with Crippen LogP contribution < -0.4 is 4.72 Å². The van der Waals surface area contributed by atoms with Gasteiger partial charge in [-0.05, 0) is 43.7 Å². The molecule has 0 aliphatic carbocycles. The van der Waals surface area contributed by atoms with Gasteiger partial charge in [0.05, 0.1) is 18.0 Å². The normalized spacial score (nSPS) is 12.7. The van der Waals surface area contributed by atoms with Gasteiger partial charge in [0.1, 0.15) is 11.3 Å². The molecule has 0 radical (unpaired) electrons. The van der Waals surface area contributed by atoms with Crippen molar-refractivity contribution in [1.82, 2.24) is 4.90 Å². The molecule has 0 aliphatic heterocycles. The molecule has 0 spiro atoms. The van der Waals surface area contributed by atoms with Gasteiger partial charge in [0.15, 0.2) is 0 Å². The molecule has 1 unspecified atom stereocenters. The maximum Gasteiger partial charge on any atom is 0.254 e. The molecular formula is C20H22N2O4S. The van der Waals surface area contributed by atoms with Crippen molar-refractivity contribution in [2.75, 3.05) is 18.0 Å². The minimum atomic E-state index is -3.43. The van der Waals surface area contributed by atoms with Crippen LogP contribution in [0.15, 0.2) is 52.9 Å². The zero-order chi connectivity index (χ0) is 19.8. The molecule has 2 aromatic carbocycles. The van der Waals surface area contributed by atoms with E-state index >= 15 is 0 Å². The number of sulfonamides is 1. The first kappa shape index (κ1) is 19.0. The predicted molar refractivity (Wildman–Crippen MR) is 106 cm³/mol. The molecule has 0 fully saturated rings. The number of benzene rings is 2. The van der Waals surface area contributed by atoms with Crippen molar-refractivity contribution in [3.8, 4) is 0 Å². The molecule has 1 N–H and O–H groups in total. The SMILES string of the molecule is Cc1ccc(C(=O)N(C)C(C)c2cc3ccccc3o2)cc1NS(C)(=O)=O. The summed E-state index contributed by atoms with van der Waals surface area (Å²) in [6.45, 7) is 3.67. The topological polar surface area (TPSA) is 79.6 Å². The summed E-state index contributed by atoms with van der Waals surface area (Å²) in [6.07, 6.45) is 1.08. The van der Waals surface area contributed by atoms with Gasteiger partial charge in [0, 0.05) is 18.0 Å². The Kier molecular flexibility index (Phi) is 4.97. The highest BCUT2D eigenvalue weighted by atomic mass is 32.2. The summed E-state index contributed by atoms with van der Waals surface area (Å²) in [7, 11) is -1.73. The van der Waals surface area contributed by atoms with E-state index in [9.17, 15) is 13.2 Å². The fourth-order valence-corrected chi connectivity index (χ4v) is 3.46. The summed E-state index contributed by atoms with van der Waals surface area (Å²) in [5, 5.41) is 0.982. The quantitative estimate of drug-likeness (QED) is 0.720. The largest absolute Gasteiger partial charge is 0.459 e. The van der Waals surface area contributed by atoms with Gasteiger partial charge in [-0.2, -0.15) is 0 Å². The highest BCUT2D eigenvalue weighted by Gasteiger charge is 2.22. The van der Waals surface area contributed by atoms with E-state index in [4.69, 9.17) is 4.42 Å². The number of carbonyl (C=O) groups is 1. The van der Waals surface area contributed by atoms with Crippen LogP contribution in [0.1, 0.15) is 34.6 Å². The van der Waals surface area contributed by atoms with Gasteiger partial charge in [-0.25, -0.2) is 8.42 Å². The molecule has 3 aromatic rings. The average molecular weight is 386 g/mol. The molecule has 142 valence electrons. The Morgan fingerprint density at radius 3 is 2.52 bits per heavy atom. The van der Waals surface area contributed by atoms with Gasteiger partial charge in [-0.15, -0.1) is 0 Å². The molecule has 7 heteroatoms. The maximum absolute atomic E-state index is 12.9. The van der Waals surface area contributed by atoms with Gasteiger partial charge in [0.25, 0.3) is 5.91 Å². The van der Waals surface area contributed by atoms with Gasteiger partial charge >= 0.3 is 0 Å². The van der Waals surface area contributed by atoms with E-state index < -0.39 is 10.0 Å². The fraction of sp³-hybridized carbons (Fsp3) is 0.250. The summed E-state index contributed by atoms with van der Waals surface area (Å²) in [5.74, 6) is 0.466. The maximum atomic E-state index is 12.9. The van der Waals surface area contributed by atoms with Crippen LogP contribution in [0.2, 0.25) is 0 Å². The van der Waals surface area contributed by atoms with Gasteiger partial charge in [-0.3, -0.25) is 9.52 Å². The number of rotatable bonds is 5. The predicted octanol–water partition coefficient (Wildman–Crippen LogP) is 3.95. The van der Waals surface area contributed by atoms with Crippen LogP contribution in [0, 0.1) is 6.92 Å². The Balaban J connectivity index is 1.87. The summed E-state index contributed by atoms with van der Waals surface area (Å²) < 4.78 is 31.4. The molecule has 0 aliphatic rings. The lowest BCUT2D eigenvalue weighted by atomic mass is 10.1. The Bertz CT molecular complexity index is 1070. The number of furan rings is 1. The van der Waals surface area contributed by atoms with Crippen LogP contribution >= 0.6 is 0 Å². The number of carbonyl (C=O) groups excluding carboxylic acids is 1. The van der Waals surface area contributed by atoms with Crippen LogP contribution in [0.3, 0.4) is 0 Å². The highest BCUT2D eigenvalue weighted by Crippen LogP contribution is 2.28. The Hall–Kier alpha value is -2.80. The average Bonchev–Trinajstić information content (AvgIpc) is 3.04. The molecule has 0 saturated heterocycles. The van der Waals surface area contributed by atoms with E-state index in [1.807, 2.05) is 37.3 Å². The first-order valence-electron chi connectivity index (χ1n) is 8.50. The molecule has 6 nitrogen and oxygen atoms in total. The second kappa shape index (κ2) is 7.08. The smallest absolute Gasteiger partial charge is 0.254 e. The van der Waals surface area contributed by atoms with Crippen molar-refractivity contribution in [2.24, 2.45) is 0 Å². The standard InChI is InChI=1S/C20H22N2O4S/c1-13-9-10-16(11-17(13)21-27(4,24)25)20(23)22(3)14(2)19-12-15-7-5-6-8-18(15)26-19/h5-12,14,21H,1-4H3. The molecule has 0 bridgehead atoms. The van der Waals surface area contributed by atoms with E-state index in [1.165, 1.54) is 0 Å². The number of hydrogen-bond acceptors (Lipinski definition) is 4. The number of nitrogens with zero attached hydrogens (tertiary/aromatic N) is 1. The van der Waals surface area contributed by atoms with Gasteiger partial charge in [-0.1, -0.05) is 24.3 Å². The molecule has 1 atom stereocenters. The Morgan fingerprint density at radius 1 is 1.15 bits per heavy atom. The summed E-state index contributed by atoms with van der Waals surface area (Å²) in [4.78, 5) is 14.5. The van der Waals surface area contributed by atoms with Crippen LogP contribution in [0.25, 0.3) is 11.0 Å². The van der Waals surface area contributed by atoms with Crippen LogP contribution in [0.4, 0.5) is 5.69 Å². The molecular weight excluding hydrogens is 364 g/mol. The van der Waals surface area contributed by atoms with Crippen molar-refractivity contribution in [3.05, 3.63) is 65.4 Å². The second-order valence-electron chi connectivity index (χ2n) is 6.68. The first-order chi connectivity index (χ1) is 12.7. The number of fused-ring (bicyclic) bond motifs is 1. The van der Waals surface area contributed by atoms with Crippen molar-refractivity contribution in [3.63, 3.8) is 0 Å². The molecule has 1 amide bonds. The first-order valence-corrected chi connectivity index (χ1v) is 10.4. The number of anilines is 1. The Labute approximate surface area is 158 Å². The van der Waals surface area contributed by atoms with Gasteiger partial charge < -0.3 is 9.32 Å². The molecule has 1 aromatic heterocycles. The number of para-hydroxylation sites is 1. The van der Waals surface area contributed by atoms with E-state index in [-0.39, 0.29) is 11.9 Å². The molecule has 1 heterocycles. The van der Waals surface area contributed by atoms with Crippen LogP contribution in [-0.2, 0) is 10.0 Å². The van der Waals surface area contributed by atoms with E-state index in [0.29, 0.717) is 17.0 Å². The zero-order valence-electron chi connectivity index (χ0n) is 15.7. The lowest BCUT2D eigenvalue weighted by Gasteiger charge is -2.24. The number of nitrogens with one attached hydrogen (secondary N) is 1. The van der Waals surface area contributed by atoms with Crippen molar-refractivity contribution in [1.29, 1.82) is 0 Å². The van der Waals surface area contributed by atoms with Crippen molar-refractivity contribution >= 4 is 32.6 Å². The third kappa shape index (κ3) is 4.14. The fourth-order valence-electron chi connectivity index (χ4n) is 2.84. The van der Waals surface area contributed by atoms with E-state index in [1.54, 1.807) is 37.1 Å². The van der Waals surface area contributed by atoms with E-state index in [0.717, 1.165) is 22.8 Å². The second-order valence-corrected chi connectivity index (χ2v) is 8.43.